The van der Waals surface area contributed by atoms with Crippen LogP contribution in [0.5, 0.6) is 0 Å². The van der Waals surface area contributed by atoms with Crippen LogP contribution in [0.2, 0.25) is 0 Å². The van der Waals surface area contributed by atoms with Crippen molar-refractivity contribution in [3.63, 3.8) is 0 Å². The molecule has 1 aliphatic rings. The highest BCUT2D eigenvalue weighted by molar-refractivity contribution is 5.50. The van der Waals surface area contributed by atoms with E-state index in [1.54, 1.807) is 0 Å². The van der Waals surface area contributed by atoms with E-state index in [-0.39, 0.29) is 6.10 Å². The summed E-state index contributed by atoms with van der Waals surface area (Å²) in [6.45, 7) is 2.83. The number of hydrogen-bond donors (Lipinski definition) is 0. The summed E-state index contributed by atoms with van der Waals surface area (Å²) in [5.41, 5.74) is 1.17. The van der Waals surface area contributed by atoms with E-state index in [1.165, 1.54) is 12.0 Å². The van der Waals surface area contributed by atoms with Crippen LogP contribution in [0.1, 0.15) is 25.3 Å². The fourth-order valence-corrected chi connectivity index (χ4v) is 2.11. The fraction of sp³-hybridized carbons (Fsp3) is 0.500. The highest BCUT2D eigenvalue weighted by Gasteiger charge is 2.39. The number of hydrogen-bond acceptors (Lipinski definition) is 2. The number of benzene rings is 1. The molecule has 0 amide bonds. The summed E-state index contributed by atoms with van der Waals surface area (Å²) in [4.78, 5) is 10.6. The standard InChI is InChI=1S/C14H18O2/c1-11-9-13(11)14(7-8-15)16-10-12-5-3-2-4-6-12/h2-6,8,11,13-14H,7,9-10H2,1H3/t11-,13-,14+/m1/s1. The van der Waals surface area contributed by atoms with Crippen LogP contribution >= 0.6 is 0 Å². The number of carbonyl (C=O) groups is 1. The van der Waals surface area contributed by atoms with E-state index in [0.717, 1.165) is 12.2 Å². The number of ether oxygens (including phenoxy) is 1. The Morgan fingerprint density at radius 3 is 2.69 bits per heavy atom. The highest BCUT2D eigenvalue weighted by atomic mass is 16.5. The lowest BCUT2D eigenvalue weighted by atomic mass is 10.1. The third-order valence-corrected chi connectivity index (χ3v) is 3.28. The van der Waals surface area contributed by atoms with Crippen molar-refractivity contribution in [2.75, 3.05) is 0 Å². The second-order valence-electron chi connectivity index (χ2n) is 4.61. The molecule has 1 saturated carbocycles. The monoisotopic (exact) mass is 218 g/mol. The molecule has 1 aliphatic carbocycles. The Kier molecular flexibility index (Phi) is 3.73. The van der Waals surface area contributed by atoms with Crippen LogP contribution in [0.15, 0.2) is 30.3 Å². The van der Waals surface area contributed by atoms with Crippen molar-refractivity contribution in [2.45, 2.75) is 32.5 Å². The Bertz CT molecular complexity index is 334. The average Bonchev–Trinajstić information content (AvgIpc) is 3.03. The van der Waals surface area contributed by atoms with Crippen molar-refractivity contribution >= 4 is 6.29 Å². The van der Waals surface area contributed by atoms with Crippen molar-refractivity contribution in [3.8, 4) is 0 Å². The maximum Gasteiger partial charge on any atom is 0.122 e. The first kappa shape index (κ1) is 11.3. The summed E-state index contributed by atoms with van der Waals surface area (Å²) in [5, 5.41) is 0. The molecule has 0 bridgehead atoms. The maximum absolute atomic E-state index is 10.6. The predicted octanol–water partition coefficient (Wildman–Crippen LogP) is 2.82. The summed E-state index contributed by atoms with van der Waals surface area (Å²) >= 11 is 0. The Hall–Kier alpha value is -1.15. The summed E-state index contributed by atoms with van der Waals surface area (Å²) < 4.78 is 5.83. The van der Waals surface area contributed by atoms with Gasteiger partial charge in [0, 0.05) is 6.42 Å². The average molecular weight is 218 g/mol. The van der Waals surface area contributed by atoms with Gasteiger partial charge in [-0.05, 0) is 23.8 Å². The molecule has 0 radical (unpaired) electrons. The van der Waals surface area contributed by atoms with Gasteiger partial charge in [-0.25, -0.2) is 0 Å². The van der Waals surface area contributed by atoms with Gasteiger partial charge in [-0.1, -0.05) is 37.3 Å². The molecule has 1 fully saturated rings. The molecule has 0 spiro atoms. The van der Waals surface area contributed by atoms with E-state index in [1.807, 2.05) is 30.3 Å². The van der Waals surface area contributed by atoms with Crippen molar-refractivity contribution in [3.05, 3.63) is 35.9 Å². The van der Waals surface area contributed by atoms with Crippen molar-refractivity contribution in [1.29, 1.82) is 0 Å². The molecule has 2 rings (SSSR count). The molecule has 3 atom stereocenters. The summed E-state index contributed by atoms with van der Waals surface area (Å²) in [5.74, 6) is 1.31. The van der Waals surface area contributed by atoms with Gasteiger partial charge in [0.2, 0.25) is 0 Å². The first-order chi connectivity index (χ1) is 7.81. The van der Waals surface area contributed by atoms with E-state index >= 15 is 0 Å². The highest BCUT2D eigenvalue weighted by Crippen LogP contribution is 2.42. The predicted molar refractivity (Wildman–Crippen MR) is 63.0 cm³/mol. The Morgan fingerprint density at radius 1 is 1.44 bits per heavy atom. The lowest BCUT2D eigenvalue weighted by molar-refractivity contribution is -0.111. The minimum Gasteiger partial charge on any atom is -0.373 e. The molecule has 0 heterocycles. The van der Waals surface area contributed by atoms with E-state index in [0.29, 0.717) is 18.9 Å². The largest absolute Gasteiger partial charge is 0.373 e. The molecule has 0 N–H and O–H groups in total. The van der Waals surface area contributed by atoms with Gasteiger partial charge in [0.1, 0.15) is 6.29 Å². The molecule has 86 valence electrons. The van der Waals surface area contributed by atoms with Gasteiger partial charge in [0.25, 0.3) is 0 Å². The molecular formula is C14H18O2. The molecule has 0 unspecified atom stereocenters. The molecule has 2 nitrogen and oxygen atoms in total. The van der Waals surface area contributed by atoms with E-state index in [2.05, 4.69) is 6.92 Å². The minimum absolute atomic E-state index is 0.118. The Balaban J connectivity index is 1.84. The number of carbonyl (C=O) groups excluding carboxylic acids is 1. The number of rotatable bonds is 6. The molecule has 16 heavy (non-hydrogen) atoms. The molecule has 0 aliphatic heterocycles. The van der Waals surface area contributed by atoms with Gasteiger partial charge in [0.05, 0.1) is 12.7 Å². The quantitative estimate of drug-likeness (QED) is 0.686. The Morgan fingerprint density at radius 2 is 2.12 bits per heavy atom. The molecule has 1 aromatic carbocycles. The van der Waals surface area contributed by atoms with E-state index in [4.69, 9.17) is 4.74 Å². The molecule has 0 aromatic heterocycles. The molecule has 0 saturated heterocycles. The van der Waals surface area contributed by atoms with Gasteiger partial charge < -0.3 is 9.53 Å². The van der Waals surface area contributed by atoms with Crippen LogP contribution in [0.25, 0.3) is 0 Å². The fourth-order valence-electron chi connectivity index (χ4n) is 2.11. The minimum atomic E-state index is 0.118. The zero-order valence-corrected chi connectivity index (χ0v) is 9.63. The zero-order chi connectivity index (χ0) is 11.4. The number of aldehydes is 1. The molecule has 1 aromatic rings. The van der Waals surface area contributed by atoms with Gasteiger partial charge in [-0.3, -0.25) is 0 Å². The normalized spacial score (nSPS) is 25.1. The van der Waals surface area contributed by atoms with Crippen LogP contribution in [-0.2, 0) is 16.1 Å². The third kappa shape index (κ3) is 2.92. The SMILES string of the molecule is C[C@@H]1C[C@H]1[C@H](CC=O)OCc1ccccc1. The third-order valence-electron chi connectivity index (χ3n) is 3.28. The lowest BCUT2D eigenvalue weighted by Crippen LogP contribution is -2.16. The van der Waals surface area contributed by atoms with Crippen LogP contribution in [0.3, 0.4) is 0 Å². The van der Waals surface area contributed by atoms with Crippen LogP contribution in [-0.4, -0.2) is 12.4 Å². The first-order valence-electron chi connectivity index (χ1n) is 5.90. The van der Waals surface area contributed by atoms with Crippen molar-refractivity contribution < 1.29 is 9.53 Å². The van der Waals surface area contributed by atoms with Crippen LogP contribution in [0, 0.1) is 11.8 Å². The first-order valence-corrected chi connectivity index (χ1v) is 5.90. The Labute approximate surface area is 96.6 Å². The second kappa shape index (κ2) is 5.26. The maximum atomic E-state index is 10.6. The topological polar surface area (TPSA) is 26.3 Å². The van der Waals surface area contributed by atoms with Gasteiger partial charge in [0.15, 0.2) is 0 Å². The van der Waals surface area contributed by atoms with E-state index < -0.39 is 0 Å². The molecule has 2 heteroatoms. The van der Waals surface area contributed by atoms with Crippen molar-refractivity contribution in [2.24, 2.45) is 11.8 Å². The van der Waals surface area contributed by atoms with Crippen LogP contribution < -0.4 is 0 Å². The summed E-state index contributed by atoms with van der Waals surface area (Å²) in [6, 6.07) is 10.1. The summed E-state index contributed by atoms with van der Waals surface area (Å²) in [6.07, 6.45) is 2.82. The van der Waals surface area contributed by atoms with Gasteiger partial charge in [-0.15, -0.1) is 0 Å². The molecular weight excluding hydrogens is 200 g/mol. The van der Waals surface area contributed by atoms with Crippen LogP contribution in [0.4, 0.5) is 0 Å². The summed E-state index contributed by atoms with van der Waals surface area (Å²) in [7, 11) is 0. The smallest absolute Gasteiger partial charge is 0.122 e. The van der Waals surface area contributed by atoms with E-state index in [9.17, 15) is 4.79 Å². The second-order valence-corrected chi connectivity index (χ2v) is 4.61. The van der Waals surface area contributed by atoms with Gasteiger partial charge >= 0.3 is 0 Å². The zero-order valence-electron chi connectivity index (χ0n) is 9.63. The van der Waals surface area contributed by atoms with Crippen molar-refractivity contribution in [1.82, 2.24) is 0 Å². The lowest BCUT2D eigenvalue weighted by Gasteiger charge is -2.15. The van der Waals surface area contributed by atoms with Gasteiger partial charge in [-0.2, -0.15) is 0 Å².